The Bertz CT molecular complexity index is 1980. The number of hydrogen-bond donors (Lipinski definition) is 0. The predicted molar refractivity (Wildman–Crippen MR) is 171 cm³/mol. The van der Waals surface area contributed by atoms with Crippen LogP contribution in [0.2, 0.25) is 0 Å². The maximum Gasteiger partial charge on any atom is 0.338 e. The van der Waals surface area contributed by atoms with Crippen LogP contribution in [0.4, 0.5) is 0 Å². The third-order valence-corrected chi connectivity index (χ3v) is 8.21. The zero-order valence-corrected chi connectivity index (χ0v) is 25.1. The molecule has 0 aliphatic carbocycles. The Balaban J connectivity index is 1.45. The van der Waals surface area contributed by atoms with E-state index in [1.54, 1.807) is 18.6 Å². The maximum atomic E-state index is 14.1. The van der Waals surface area contributed by atoms with Crippen molar-refractivity contribution in [1.29, 1.82) is 0 Å². The first-order valence-corrected chi connectivity index (χ1v) is 15.1. The molecule has 0 unspecified atom stereocenters. The monoisotopic (exact) mass is 602 g/mol. The van der Waals surface area contributed by atoms with Gasteiger partial charge in [-0.1, -0.05) is 96.3 Å². The van der Waals surface area contributed by atoms with Crippen LogP contribution in [0.25, 0.3) is 11.8 Å². The van der Waals surface area contributed by atoms with Crippen molar-refractivity contribution in [1.82, 2.24) is 4.57 Å². The van der Waals surface area contributed by atoms with Gasteiger partial charge in [0, 0.05) is 5.56 Å². The summed E-state index contributed by atoms with van der Waals surface area (Å²) < 4.78 is 18.9. The SMILES string of the molecule is CCOC(=O)C1=C(c2ccccc2)N=c2s/c(=C\c3ccc(OCc4ccccc4)cc3)c(=O)n2[C@@H]1c1ccc(OC)cc1. The number of ether oxygens (including phenoxy) is 3. The standard InChI is InChI=1S/C36H30N2O5S/c1-3-42-35(40)31-32(26-12-8-5-9-13-26)37-36-38(33(31)27-16-20-28(41-2)21-17-27)34(39)30(44-36)22-24-14-18-29(19-15-24)43-23-25-10-6-4-7-11-25/h4-22,33H,3,23H2,1-2H3/b30-22-/t33-/m1/s1. The molecule has 0 amide bonds. The average Bonchev–Trinajstić information content (AvgIpc) is 3.38. The summed E-state index contributed by atoms with van der Waals surface area (Å²) in [6.07, 6.45) is 1.84. The molecule has 4 aromatic carbocycles. The molecule has 7 nitrogen and oxygen atoms in total. The fourth-order valence-electron chi connectivity index (χ4n) is 5.09. The first-order chi connectivity index (χ1) is 21.6. The summed E-state index contributed by atoms with van der Waals surface area (Å²) in [5, 5.41) is 0. The number of benzene rings is 4. The van der Waals surface area contributed by atoms with Crippen LogP contribution in [0, 0.1) is 0 Å². The molecule has 0 fully saturated rings. The molecular weight excluding hydrogens is 572 g/mol. The average molecular weight is 603 g/mol. The van der Waals surface area contributed by atoms with Gasteiger partial charge in [-0.05, 0) is 54.0 Å². The van der Waals surface area contributed by atoms with E-state index in [-0.39, 0.29) is 12.2 Å². The molecule has 0 N–H and O–H groups in total. The number of thiazole rings is 1. The Hall–Kier alpha value is -5.21. The van der Waals surface area contributed by atoms with Crippen LogP contribution >= 0.6 is 11.3 Å². The van der Waals surface area contributed by atoms with Gasteiger partial charge < -0.3 is 14.2 Å². The summed E-state index contributed by atoms with van der Waals surface area (Å²) in [5.74, 6) is 0.886. The lowest BCUT2D eigenvalue weighted by Gasteiger charge is -2.26. The summed E-state index contributed by atoms with van der Waals surface area (Å²) in [6.45, 7) is 2.42. The normalized spacial score (nSPS) is 14.5. The molecule has 1 atom stereocenters. The molecule has 1 aliphatic heterocycles. The second-order valence-corrected chi connectivity index (χ2v) is 11.1. The van der Waals surface area contributed by atoms with Crippen molar-refractivity contribution in [2.75, 3.05) is 13.7 Å². The van der Waals surface area contributed by atoms with Gasteiger partial charge in [-0.2, -0.15) is 0 Å². The minimum atomic E-state index is -0.748. The lowest BCUT2D eigenvalue weighted by molar-refractivity contribution is -0.138. The number of esters is 1. The van der Waals surface area contributed by atoms with Crippen molar-refractivity contribution in [3.63, 3.8) is 0 Å². The topological polar surface area (TPSA) is 79.1 Å². The highest BCUT2D eigenvalue weighted by Gasteiger charge is 2.35. The van der Waals surface area contributed by atoms with Crippen LogP contribution in [-0.4, -0.2) is 24.3 Å². The van der Waals surface area contributed by atoms with E-state index >= 15 is 0 Å². The lowest BCUT2D eigenvalue weighted by atomic mass is 9.93. The Kier molecular flexibility index (Phi) is 8.52. The highest BCUT2D eigenvalue weighted by Crippen LogP contribution is 2.35. The fraction of sp³-hybridized carbons (Fsp3) is 0.139. The second-order valence-electron chi connectivity index (χ2n) is 10.0. The Labute approximate surface area is 258 Å². The molecule has 6 rings (SSSR count). The zero-order chi connectivity index (χ0) is 30.5. The van der Waals surface area contributed by atoms with Gasteiger partial charge in [0.25, 0.3) is 5.56 Å². The van der Waals surface area contributed by atoms with Crippen LogP contribution in [0.3, 0.4) is 0 Å². The number of nitrogens with zero attached hydrogens (tertiary/aromatic N) is 2. The molecule has 1 aliphatic rings. The molecule has 1 aromatic heterocycles. The molecule has 8 heteroatoms. The molecule has 0 spiro atoms. The fourth-order valence-corrected chi connectivity index (χ4v) is 6.10. The van der Waals surface area contributed by atoms with E-state index in [9.17, 15) is 9.59 Å². The minimum Gasteiger partial charge on any atom is -0.497 e. The molecule has 0 radical (unpaired) electrons. The number of carbonyl (C=O) groups excluding carboxylic acids is 1. The van der Waals surface area contributed by atoms with Gasteiger partial charge >= 0.3 is 5.97 Å². The van der Waals surface area contributed by atoms with Crippen molar-refractivity contribution < 1.29 is 19.0 Å². The van der Waals surface area contributed by atoms with Crippen molar-refractivity contribution in [3.8, 4) is 11.5 Å². The van der Waals surface area contributed by atoms with Gasteiger partial charge in [0.05, 0.1) is 35.6 Å². The van der Waals surface area contributed by atoms with E-state index < -0.39 is 12.0 Å². The van der Waals surface area contributed by atoms with Gasteiger partial charge in [-0.3, -0.25) is 9.36 Å². The molecule has 0 bridgehead atoms. The predicted octanol–water partition coefficient (Wildman–Crippen LogP) is 5.52. The number of aromatic nitrogens is 1. The second kappa shape index (κ2) is 13.0. The smallest absolute Gasteiger partial charge is 0.338 e. The third-order valence-electron chi connectivity index (χ3n) is 7.23. The Morgan fingerprint density at radius 2 is 1.55 bits per heavy atom. The van der Waals surface area contributed by atoms with E-state index in [1.807, 2.05) is 115 Å². The minimum absolute atomic E-state index is 0.190. The summed E-state index contributed by atoms with van der Waals surface area (Å²) in [4.78, 5) is 33.1. The number of methoxy groups -OCH3 is 1. The van der Waals surface area contributed by atoms with Gasteiger partial charge in [0.1, 0.15) is 18.1 Å². The number of fused-ring (bicyclic) bond motifs is 1. The molecule has 220 valence electrons. The molecule has 44 heavy (non-hydrogen) atoms. The summed E-state index contributed by atoms with van der Waals surface area (Å²) in [6, 6.07) is 33.7. The highest BCUT2D eigenvalue weighted by atomic mass is 32.1. The molecule has 0 saturated carbocycles. The summed E-state index contributed by atoms with van der Waals surface area (Å²) >= 11 is 1.29. The van der Waals surface area contributed by atoms with Crippen molar-refractivity contribution in [2.45, 2.75) is 19.6 Å². The van der Waals surface area contributed by atoms with Crippen molar-refractivity contribution >= 4 is 29.1 Å². The maximum absolute atomic E-state index is 14.1. The molecule has 0 saturated heterocycles. The summed E-state index contributed by atoms with van der Waals surface area (Å²) in [7, 11) is 1.59. The van der Waals surface area contributed by atoms with Crippen LogP contribution < -0.4 is 24.4 Å². The van der Waals surface area contributed by atoms with Gasteiger partial charge in [-0.25, -0.2) is 9.79 Å². The van der Waals surface area contributed by atoms with E-state index in [2.05, 4.69) is 0 Å². The quantitative estimate of drug-likeness (QED) is 0.208. The van der Waals surface area contributed by atoms with Crippen LogP contribution in [-0.2, 0) is 16.1 Å². The number of carbonyl (C=O) groups is 1. The molecule has 5 aromatic rings. The van der Waals surface area contributed by atoms with Gasteiger partial charge in [0.2, 0.25) is 0 Å². The highest BCUT2D eigenvalue weighted by molar-refractivity contribution is 7.07. The van der Waals surface area contributed by atoms with E-state index in [4.69, 9.17) is 19.2 Å². The largest absolute Gasteiger partial charge is 0.497 e. The zero-order valence-electron chi connectivity index (χ0n) is 24.3. The van der Waals surface area contributed by atoms with E-state index in [0.29, 0.717) is 33.0 Å². The molecular formula is C36H30N2O5S. The van der Waals surface area contributed by atoms with Crippen molar-refractivity contribution in [2.24, 2.45) is 4.99 Å². The summed E-state index contributed by atoms with van der Waals surface area (Å²) in [5.41, 5.74) is 3.98. The van der Waals surface area contributed by atoms with Crippen molar-refractivity contribution in [3.05, 3.63) is 157 Å². The van der Waals surface area contributed by atoms with Gasteiger partial charge in [-0.15, -0.1) is 0 Å². The van der Waals surface area contributed by atoms with E-state index in [0.717, 1.165) is 28.0 Å². The lowest BCUT2D eigenvalue weighted by Crippen LogP contribution is -2.40. The number of hydrogen-bond acceptors (Lipinski definition) is 7. The Morgan fingerprint density at radius 1 is 0.886 bits per heavy atom. The number of rotatable bonds is 9. The third kappa shape index (κ3) is 5.98. The van der Waals surface area contributed by atoms with E-state index in [1.165, 1.54) is 11.3 Å². The van der Waals surface area contributed by atoms with Crippen LogP contribution in [0.15, 0.2) is 125 Å². The molecule has 2 heterocycles. The van der Waals surface area contributed by atoms with Crippen LogP contribution in [0.5, 0.6) is 11.5 Å². The first kappa shape index (κ1) is 28.9. The van der Waals surface area contributed by atoms with Crippen LogP contribution in [0.1, 0.15) is 35.2 Å². The Morgan fingerprint density at radius 3 is 2.20 bits per heavy atom. The van der Waals surface area contributed by atoms with Gasteiger partial charge in [0.15, 0.2) is 4.80 Å². The first-order valence-electron chi connectivity index (χ1n) is 14.2.